The molecular formula is C53H72O4P+. The van der Waals surface area contributed by atoms with Crippen LogP contribution in [0.3, 0.4) is 0 Å². The Morgan fingerprint density at radius 1 is 0.724 bits per heavy atom. The predicted molar refractivity (Wildman–Crippen MR) is 240 cm³/mol. The lowest BCUT2D eigenvalue weighted by molar-refractivity contribution is -0.261. The minimum atomic E-state index is -1.99. The number of aliphatic carboxylic acids is 1. The Morgan fingerprint density at radius 2 is 1.29 bits per heavy atom. The second-order valence-electron chi connectivity index (χ2n) is 21.6. The molecule has 0 spiro atoms. The van der Waals surface area contributed by atoms with Crippen molar-refractivity contribution in [1.82, 2.24) is 0 Å². The van der Waals surface area contributed by atoms with E-state index >= 15 is 0 Å². The normalized spacial score (nSPS) is 37.8. The number of carbonyl (C=O) groups is 2. The van der Waals surface area contributed by atoms with Gasteiger partial charge >= 0.3 is 11.9 Å². The molecule has 3 aromatic rings. The van der Waals surface area contributed by atoms with Crippen LogP contribution in [0.5, 0.6) is 0 Å². The summed E-state index contributed by atoms with van der Waals surface area (Å²) in [6, 6.07) is 33.8. The summed E-state index contributed by atoms with van der Waals surface area (Å²) in [5.41, 5.74) is -0.353. The van der Waals surface area contributed by atoms with Crippen LogP contribution in [0.15, 0.2) is 91.0 Å². The molecule has 5 aliphatic carbocycles. The molecule has 0 radical (unpaired) electrons. The van der Waals surface area contributed by atoms with E-state index in [0.29, 0.717) is 29.6 Å². The zero-order chi connectivity index (χ0) is 41.3. The standard InChI is InChI=1S/C53H71O4P/c1-36(2)42-28-31-53(48(55)56)33-32-51(7)43(46(42)53)26-27-45-50(6)35-38(47(57-37(3)54)49(4,5)44(50)29-30-52(45,51)8)19-18-34-58(39-20-12-9-13-21-39,40-22-14-10-15-23-40)41-24-16-11-17-25-41/h9-17,20-25,36,38,42-47H,18-19,26-35H2,1-8H3/p+1/t38-,42?,43?,44?,45?,46?,47-,50-,51+,52+,53-/m0/s1. The first-order chi connectivity index (χ1) is 27.6. The second-order valence-corrected chi connectivity index (χ2v) is 25.2. The third kappa shape index (κ3) is 6.21. The Morgan fingerprint density at radius 3 is 1.81 bits per heavy atom. The molecule has 11 atom stereocenters. The molecule has 5 aliphatic rings. The lowest BCUT2D eigenvalue weighted by Crippen LogP contribution is -2.68. The van der Waals surface area contributed by atoms with E-state index in [1.165, 1.54) is 28.8 Å². The van der Waals surface area contributed by atoms with Gasteiger partial charge in [-0.3, -0.25) is 9.59 Å². The summed E-state index contributed by atoms with van der Waals surface area (Å²) in [4.78, 5) is 26.3. The Labute approximate surface area is 351 Å². The number of esters is 1. The Balaban J connectivity index is 1.14. The third-order valence-corrected chi connectivity index (χ3v) is 23.3. The van der Waals surface area contributed by atoms with Gasteiger partial charge in [0.2, 0.25) is 0 Å². The maximum Gasteiger partial charge on any atom is 0.309 e. The van der Waals surface area contributed by atoms with Crippen LogP contribution in [0.25, 0.3) is 0 Å². The molecule has 5 fully saturated rings. The number of carbonyl (C=O) groups excluding carboxylic acids is 1. The van der Waals surface area contributed by atoms with Crippen molar-refractivity contribution in [2.75, 3.05) is 6.16 Å². The predicted octanol–water partition coefficient (Wildman–Crippen LogP) is 11.7. The highest BCUT2D eigenvalue weighted by Crippen LogP contribution is 2.78. The van der Waals surface area contributed by atoms with Crippen LogP contribution < -0.4 is 15.9 Å². The summed E-state index contributed by atoms with van der Waals surface area (Å²) < 4.78 is 6.55. The molecule has 3 aromatic carbocycles. The summed E-state index contributed by atoms with van der Waals surface area (Å²) in [7, 11) is -1.99. The fraction of sp³-hybridized carbons (Fsp3) is 0.623. The zero-order valence-electron chi connectivity index (χ0n) is 36.9. The van der Waals surface area contributed by atoms with E-state index in [1.54, 1.807) is 6.92 Å². The summed E-state index contributed by atoms with van der Waals surface area (Å²) in [5.74, 6) is 2.35. The summed E-state index contributed by atoms with van der Waals surface area (Å²) in [6.45, 7) is 19.1. The quantitative estimate of drug-likeness (QED) is 0.164. The summed E-state index contributed by atoms with van der Waals surface area (Å²) in [6.07, 6.45) is 12.6. The monoisotopic (exact) mass is 804 g/mol. The van der Waals surface area contributed by atoms with Crippen LogP contribution in [0, 0.1) is 68.5 Å². The average molecular weight is 804 g/mol. The van der Waals surface area contributed by atoms with E-state index in [4.69, 9.17) is 4.74 Å². The van der Waals surface area contributed by atoms with Crippen molar-refractivity contribution in [1.29, 1.82) is 0 Å². The van der Waals surface area contributed by atoms with Crippen LogP contribution in [0.4, 0.5) is 0 Å². The number of hydrogen-bond donors (Lipinski definition) is 1. The summed E-state index contributed by atoms with van der Waals surface area (Å²) >= 11 is 0. The van der Waals surface area contributed by atoms with Gasteiger partial charge < -0.3 is 9.84 Å². The van der Waals surface area contributed by atoms with E-state index in [9.17, 15) is 14.7 Å². The number of carboxylic acid groups (broad SMARTS) is 1. The molecule has 1 N–H and O–H groups in total. The van der Waals surface area contributed by atoms with Gasteiger partial charge in [-0.15, -0.1) is 0 Å². The van der Waals surface area contributed by atoms with Crippen molar-refractivity contribution < 1.29 is 19.4 Å². The van der Waals surface area contributed by atoms with E-state index in [-0.39, 0.29) is 45.6 Å². The number of benzene rings is 3. The smallest absolute Gasteiger partial charge is 0.309 e. The maximum absolute atomic E-state index is 13.3. The van der Waals surface area contributed by atoms with Crippen molar-refractivity contribution in [2.24, 2.45) is 68.5 Å². The largest absolute Gasteiger partial charge is 0.481 e. The molecule has 0 aromatic heterocycles. The molecule has 0 amide bonds. The van der Waals surface area contributed by atoms with Crippen LogP contribution in [-0.2, 0) is 14.3 Å². The second kappa shape index (κ2) is 15.2. The van der Waals surface area contributed by atoms with Gasteiger partial charge in [0.25, 0.3) is 0 Å². The van der Waals surface area contributed by atoms with Crippen molar-refractivity contribution in [3.63, 3.8) is 0 Å². The number of hydrogen-bond acceptors (Lipinski definition) is 3. The first kappa shape index (κ1) is 41.8. The fourth-order valence-corrected chi connectivity index (χ4v) is 20.6. The maximum atomic E-state index is 13.3. The lowest BCUT2D eigenvalue weighted by atomic mass is 9.31. The van der Waals surface area contributed by atoms with Gasteiger partial charge in [-0.2, -0.15) is 0 Å². The third-order valence-electron chi connectivity index (χ3n) is 18.7. The Bertz CT molecular complexity index is 1850. The van der Waals surface area contributed by atoms with E-state index < -0.39 is 18.6 Å². The van der Waals surface area contributed by atoms with Gasteiger partial charge in [0, 0.05) is 12.3 Å². The first-order valence-electron chi connectivity index (χ1n) is 23.0. The molecule has 4 nitrogen and oxygen atoms in total. The number of fused-ring (bicyclic) bond motifs is 7. The number of carboxylic acids is 1. The van der Waals surface area contributed by atoms with E-state index in [0.717, 1.165) is 63.9 Å². The van der Waals surface area contributed by atoms with Crippen molar-refractivity contribution in [3.05, 3.63) is 91.0 Å². The SMILES string of the molecule is CC(=O)O[C@H]1[C@@H](CCC[P+](c2ccccc2)(c2ccccc2)c2ccccc2)C[C@@]2(C)C(CC[C@]3(C)C2CCC2C4C(C(C)C)CC[C@]4(C(=O)O)CC[C@]23C)C1(C)C. The zero-order valence-corrected chi connectivity index (χ0v) is 37.8. The molecule has 0 aliphatic heterocycles. The Hall–Kier alpha value is -2.97. The minimum absolute atomic E-state index is 0.102. The molecule has 5 saturated carbocycles. The van der Waals surface area contributed by atoms with Crippen LogP contribution in [-0.4, -0.2) is 29.3 Å². The number of rotatable bonds is 10. The highest BCUT2D eigenvalue weighted by molar-refractivity contribution is 7.95. The molecule has 8 rings (SSSR count). The molecule has 5 unspecified atom stereocenters. The van der Waals surface area contributed by atoms with Gasteiger partial charge in [0.1, 0.15) is 29.3 Å². The van der Waals surface area contributed by atoms with Gasteiger partial charge in [0.05, 0.1) is 11.6 Å². The van der Waals surface area contributed by atoms with Crippen molar-refractivity contribution in [2.45, 2.75) is 132 Å². The van der Waals surface area contributed by atoms with Gasteiger partial charge in [-0.1, -0.05) is 103 Å². The van der Waals surface area contributed by atoms with Crippen molar-refractivity contribution in [3.8, 4) is 0 Å². The average Bonchev–Trinajstić information content (AvgIpc) is 3.61. The lowest BCUT2D eigenvalue weighted by Gasteiger charge is -2.73. The first-order valence-corrected chi connectivity index (χ1v) is 25.0. The van der Waals surface area contributed by atoms with Crippen LogP contribution >= 0.6 is 7.26 Å². The molecule has 312 valence electrons. The highest BCUT2D eigenvalue weighted by Gasteiger charge is 2.73. The highest BCUT2D eigenvalue weighted by atomic mass is 31.2. The topological polar surface area (TPSA) is 63.6 Å². The molecule has 0 saturated heterocycles. The van der Waals surface area contributed by atoms with E-state index in [2.05, 4.69) is 139 Å². The molecule has 58 heavy (non-hydrogen) atoms. The number of ether oxygens (including phenoxy) is 1. The molecule has 5 heteroatoms. The molecular weight excluding hydrogens is 732 g/mol. The fourth-order valence-electron chi connectivity index (χ4n) is 16.3. The molecule has 0 bridgehead atoms. The van der Waals surface area contributed by atoms with Gasteiger partial charge in [0.15, 0.2) is 0 Å². The van der Waals surface area contributed by atoms with Gasteiger partial charge in [-0.25, -0.2) is 0 Å². The van der Waals surface area contributed by atoms with Crippen LogP contribution in [0.2, 0.25) is 0 Å². The summed E-state index contributed by atoms with van der Waals surface area (Å²) in [5, 5.41) is 15.2. The van der Waals surface area contributed by atoms with Crippen molar-refractivity contribution >= 4 is 35.1 Å². The van der Waals surface area contributed by atoms with Gasteiger partial charge in [-0.05, 0) is 165 Å². The minimum Gasteiger partial charge on any atom is -0.481 e. The van der Waals surface area contributed by atoms with E-state index in [1.807, 2.05) is 0 Å². The Kier molecular flexibility index (Phi) is 10.9. The molecule has 0 heterocycles. The van der Waals surface area contributed by atoms with Crippen LogP contribution in [0.1, 0.15) is 126 Å².